The number of nitrogen functional groups attached to an aromatic ring is 1. The molecule has 0 fully saturated rings. The monoisotopic (exact) mass is 298 g/mol. The summed E-state index contributed by atoms with van der Waals surface area (Å²) in [5, 5.41) is 1.69. The van der Waals surface area contributed by atoms with Crippen molar-refractivity contribution in [2.45, 2.75) is 13.5 Å². The molecule has 3 rings (SSSR count). The van der Waals surface area contributed by atoms with E-state index >= 15 is 0 Å². The molecular formula is C17H15ClN2O. The van der Waals surface area contributed by atoms with Crippen molar-refractivity contribution < 1.29 is 4.74 Å². The van der Waals surface area contributed by atoms with Crippen LogP contribution < -0.4 is 10.5 Å². The average Bonchev–Trinajstić information content (AvgIpc) is 2.50. The van der Waals surface area contributed by atoms with E-state index in [-0.39, 0.29) is 0 Å². The number of nitrogens with zero attached hydrogens (tertiary/aromatic N) is 1. The molecule has 3 nitrogen and oxygen atoms in total. The number of aromatic nitrogens is 1. The Morgan fingerprint density at radius 1 is 1.19 bits per heavy atom. The third kappa shape index (κ3) is 2.78. The number of benzene rings is 2. The van der Waals surface area contributed by atoms with Crippen molar-refractivity contribution in [3.05, 3.63) is 64.8 Å². The van der Waals surface area contributed by atoms with Crippen molar-refractivity contribution in [2.75, 3.05) is 5.73 Å². The molecule has 2 aromatic carbocycles. The molecule has 0 unspecified atom stereocenters. The van der Waals surface area contributed by atoms with E-state index < -0.39 is 0 Å². The lowest BCUT2D eigenvalue weighted by molar-refractivity contribution is 0.307. The highest BCUT2D eigenvalue weighted by Crippen LogP contribution is 2.25. The highest BCUT2D eigenvalue weighted by molar-refractivity contribution is 6.31. The maximum Gasteiger partial charge on any atom is 0.120 e. The number of hydrogen-bond donors (Lipinski definition) is 1. The fourth-order valence-corrected chi connectivity index (χ4v) is 2.36. The lowest BCUT2D eigenvalue weighted by Crippen LogP contribution is -1.99. The Morgan fingerprint density at radius 3 is 2.86 bits per heavy atom. The molecule has 106 valence electrons. The van der Waals surface area contributed by atoms with Crippen LogP contribution in [0.4, 0.5) is 5.69 Å². The molecular weight excluding hydrogens is 284 g/mol. The van der Waals surface area contributed by atoms with E-state index in [1.165, 1.54) is 0 Å². The molecule has 0 spiro atoms. The summed E-state index contributed by atoms with van der Waals surface area (Å²) < 4.78 is 5.84. The van der Waals surface area contributed by atoms with Crippen LogP contribution >= 0.6 is 11.6 Å². The summed E-state index contributed by atoms with van der Waals surface area (Å²) in [7, 11) is 0. The molecule has 1 aromatic heterocycles. The average molecular weight is 299 g/mol. The largest absolute Gasteiger partial charge is 0.489 e. The number of pyridine rings is 1. The van der Waals surface area contributed by atoms with Crippen molar-refractivity contribution in [1.29, 1.82) is 0 Å². The molecule has 0 bridgehead atoms. The maximum atomic E-state index is 6.01. The molecule has 0 saturated carbocycles. The Balaban J connectivity index is 1.88. The Labute approximate surface area is 128 Å². The van der Waals surface area contributed by atoms with E-state index in [1.54, 1.807) is 6.20 Å². The van der Waals surface area contributed by atoms with Crippen molar-refractivity contribution in [3.63, 3.8) is 0 Å². The predicted molar refractivity (Wildman–Crippen MR) is 86.7 cm³/mol. The summed E-state index contributed by atoms with van der Waals surface area (Å²) in [6.07, 6.45) is 1.76. The fourth-order valence-electron chi connectivity index (χ4n) is 2.24. The van der Waals surface area contributed by atoms with Crippen LogP contribution in [0.15, 0.2) is 48.7 Å². The van der Waals surface area contributed by atoms with E-state index in [9.17, 15) is 0 Å². The third-order valence-electron chi connectivity index (χ3n) is 3.41. The van der Waals surface area contributed by atoms with Crippen molar-refractivity contribution in [3.8, 4) is 5.75 Å². The summed E-state index contributed by atoms with van der Waals surface area (Å²) >= 11 is 6.01. The Kier molecular flexibility index (Phi) is 3.67. The van der Waals surface area contributed by atoms with Crippen LogP contribution in [0, 0.1) is 6.92 Å². The molecule has 0 aliphatic rings. The molecule has 0 atom stereocenters. The molecule has 4 heteroatoms. The van der Waals surface area contributed by atoms with Crippen LogP contribution in [0.25, 0.3) is 10.9 Å². The van der Waals surface area contributed by atoms with Crippen molar-refractivity contribution >= 4 is 28.2 Å². The lowest BCUT2D eigenvalue weighted by atomic mass is 10.1. The first-order valence-corrected chi connectivity index (χ1v) is 7.04. The number of nitrogens with two attached hydrogens (primary N) is 1. The van der Waals surface area contributed by atoms with Crippen LogP contribution in [0.5, 0.6) is 5.75 Å². The number of ether oxygens (including phenoxy) is 1. The normalized spacial score (nSPS) is 10.8. The standard InChI is InChI=1S/C17H15ClN2O/c1-11-9-13(5-6-15(11)18)21-10-12-4-7-16(19)14-3-2-8-20-17(12)14/h2-9H,10,19H2,1H3. The fraction of sp³-hybridized carbons (Fsp3) is 0.118. The Hall–Kier alpha value is -2.26. The predicted octanol–water partition coefficient (Wildman–Crippen LogP) is 4.36. The zero-order valence-corrected chi connectivity index (χ0v) is 12.4. The summed E-state index contributed by atoms with van der Waals surface area (Å²) in [4.78, 5) is 4.40. The Bertz CT molecular complexity index is 802. The number of fused-ring (bicyclic) bond motifs is 1. The van der Waals surface area contributed by atoms with Gasteiger partial charge in [-0.25, -0.2) is 0 Å². The van der Waals surface area contributed by atoms with Gasteiger partial charge in [0.15, 0.2) is 0 Å². The van der Waals surface area contributed by atoms with E-state index in [1.807, 2.05) is 49.4 Å². The first-order chi connectivity index (χ1) is 10.1. The smallest absolute Gasteiger partial charge is 0.120 e. The van der Waals surface area contributed by atoms with Gasteiger partial charge in [-0.1, -0.05) is 17.7 Å². The second-order valence-corrected chi connectivity index (χ2v) is 5.32. The highest BCUT2D eigenvalue weighted by Gasteiger charge is 2.06. The number of hydrogen-bond acceptors (Lipinski definition) is 3. The van der Waals surface area contributed by atoms with Gasteiger partial charge in [-0.05, 0) is 48.9 Å². The summed E-state index contributed by atoms with van der Waals surface area (Å²) in [6.45, 7) is 2.39. The summed E-state index contributed by atoms with van der Waals surface area (Å²) in [6, 6.07) is 13.3. The molecule has 21 heavy (non-hydrogen) atoms. The minimum atomic E-state index is 0.439. The second kappa shape index (κ2) is 5.62. The molecule has 0 aliphatic carbocycles. The summed E-state index contributed by atoms with van der Waals surface area (Å²) in [5.74, 6) is 0.790. The van der Waals surface area contributed by atoms with E-state index in [0.29, 0.717) is 6.61 Å². The van der Waals surface area contributed by atoms with Gasteiger partial charge in [0.05, 0.1) is 5.52 Å². The molecule has 0 aliphatic heterocycles. The van der Waals surface area contributed by atoms with Crippen LogP contribution in [-0.2, 0) is 6.61 Å². The van der Waals surface area contributed by atoms with Gasteiger partial charge >= 0.3 is 0 Å². The van der Waals surface area contributed by atoms with Gasteiger partial charge in [0, 0.05) is 27.9 Å². The molecule has 3 aromatic rings. The van der Waals surface area contributed by atoms with Gasteiger partial charge in [-0.3, -0.25) is 4.98 Å². The molecule has 0 amide bonds. The van der Waals surface area contributed by atoms with Gasteiger partial charge in [-0.15, -0.1) is 0 Å². The zero-order valence-electron chi connectivity index (χ0n) is 11.6. The Morgan fingerprint density at radius 2 is 2.05 bits per heavy atom. The highest BCUT2D eigenvalue weighted by atomic mass is 35.5. The van der Waals surface area contributed by atoms with Crippen molar-refractivity contribution in [1.82, 2.24) is 4.98 Å². The summed E-state index contributed by atoms with van der Waals surface area (Å²) in [5.41, 5.74) is 9.58. The maximum absolute atomic E-state index is 6.01. The molecule has 2 N–H and O–H groups in total. The zero-order chi connectivity index (χ0) is 14.8. The first kappa shape index (κ1) is 13.7. The SMILES string of the molecule is Cc1cc(OCc2ccc(N)c3cccnc23)ccc1Cl. The topological polar surface area (TPSA) is 48.1 Å². The van der Waals surface area contributed by atoms with Gasteiger partial charge in [0.25, 0.3) is 0 Å². The lowest BCUT2D eigenvalue weighted by Gasteiger charge is -2.10. The van der Waals surface area contributed by atoms with Crippen LogP contribution in [0.3, 0.4) is 0 Å². The minimum absolute atomic E-state index is 0.439. The van der Waals surface area contributed by atoms with Crippen molar-refractivity contribution in [2.24, 2.45) is 0 Å². The third-order valence-corrected chi connectivity index (χ3v) is 3.83. The van der Waals surface area contributed by atoms with E-state index in [0.717, 1.165) is 38.5 Å². The number of aryl methyl sites for hydroxylation is 1. The van der Waals surface area contributed by atoms with E-state index in [2.05, 4.69) is 4.98 Å². The number of halogens is 1. The van der Waals surface area contributed by atoms with Gasteiger partial charge < -0.3 is 10.5 Å². The van der Waals surface area contributed by atoms with E-state index in [4.69, 9.17) is 22.1 Å². The van der Waals surface area contributed by atoms with Gasteiger partial charge in [0.2, 0.25) is 0 Å². The van der Waals surface area contributed by atoms with Crippen LogP contribution in [-0.4, -0.2) is 4.98 Å². The molecule has 0 saturated heterocycles. The number of anilines is 1. The van der Waals surface area contributed by atoms with Gasteiger partial charge in [-0.2, -0.15) is 0 Å². The first-order valence-electron chi connectivity index (χ1n) is 6.66. The quantitative estimate of drug-likeness (QED) is 0.731. The molecule has 1 heterocycles. The number of rotatable bonds is 3. The second-order valence-electron chi connectivity index (χ2n) is 4.91. The van der Waals surface area contributed by atoms with Crippen LogP contribution in [0.1, 0.15) is 11.1 Å². The van der Waals surface area contributed by atoms with Crippen LogP contribution in [0.2, 0.25) is 5.02 Å². The minimum Gasteiger partial charge on any atom is -0.489 e. The molecule has 0 radical (unpaired) electrons. The van der Waals surface area contributed by atoms with Gasteiger partial charge in [0.1, 0.15) is 12.4 Å².